The minimum atomic E-state index is -1.43. The Morgan fingerprint density at radius 3 is 2.31 bits per heavy atom. The third kappa shape index (κ3) is 8.61. The van der Waals surface area contributed by atoms with E-state index in [1.165, 1.54) is 12.5 Å². The SMILES string of the molecule is NC(=O)CC(NC(=O)C(Cc1cnc[nH]1)NC(=O)C(N)CS)C(=O)NCC(=O)O. The van der Waals surface area contributed by atoms with Crippen LogP contribution in [0.25, 0.3) is 0 Å². The van der Waals surface area contributed by atoms with Crippen molar-refractivity contribution in [2.75, 3.05) is 12.3 Å². The number of aliphatic carboxylic acids is 1. The maximum Gasteiger partial charge on any atom is 0.322 e. The predicted molar refractivity (Wildman–Crippen MR) is 102 cm³/mol. The lowest BCUT2D eigenvalue weighted by Crippen LogP contribution is -2.57. The number of nitrogens with one attached hydrogen (secondary N) is 4. The van der Waals surface area contributed by atoms with Gasteiger partial charge in [-0.05, 0) is 0 Å². The van der Waals surface area contributed by atoms with Gasteiger partial charge in [0.15, 0.2) is 0 Å². The van der Waals surface area contributed by atoms with Gasteiger partial charge >= 0.3 is 5.97 Å². The summed E-state index contributed by atoms with van der Waals surface area (Å²) in [6, 6.07) is -3.58. The molecule has 0 aliphatic rings. The molecule has 0 spiro atoms. The molecule has 3 unspecified atom stereocenters. The number of aromatic amines is 1. The first-order valence-corrected chi connectivity index (χ1v) is 8.99. The van der Waals surface area contributed by atoms with Crippen LogP contribution in [-0.2, 0) is 30.4 Å². The van der Waals surface area contributed by atoms with Crippen LogP contribution in [-0.4, -0.2) is 75.1 Å². The number of nitrogens with zero attached hydrogens (tertiary/aromatic N) is 1. The summed E-state index contributed by atoms with van der Waals surface area (Å²) in [5, 5.41) is 15.4. The zero-order valence-electron chi connectivity index (χ0n) is 15.3. The highest BCUT2D eigenvalue weighted by atomic mass is 32.1. The van der Waals surface area contributed by atoms with Crippen molar-refractivity contribution in [2.45, 2.75) is 31.0 Å². The second kappa shape index (κ2) is 11.7. The number of carbonyl (C=O) groups is 5. The molecule has 0 saturated carbocycles. The quantitative estimate of drug-likeness (QED) is 0.154. The molecule has 0 aliphatic heterocycles. The summed E-state index contributed by atoms with van der Waals surface area (Å²) in [5.41, 5.74) is 11.2. The Bertz CT molecular complexity index is 742. The lowest BCUT2D eigenvalue weighted by molar-refractivity contribution is -0.138. The van der Waals surface area contributed by atoms with Gasteiger partial charge in [0, 0.05) is 24.1 Å². The molecular weight excluding hydrogens is 406 g/mol. The summed E-state index contributed by atoms with van der Waals surface area (Å²) in [6.07, 6.45) is 2.22. The van der Waals surface area contributed by atoms with E-state index in [4.69, 9.17) is 16.6 Å². The lowest BCUT2D eigenvalue weighted by atomic mass is 10.1. The van der Waals surface area contributed by atoms with Crippen LogP contribution < -0.4 is 27.4 Å². The highest BCUT2D eigenvalue weighted by Gasteiger charge is 2.29. The summed E-state index contributed by atoms with van der Waals surface area (Å²) >= 11 is 3.92. The van der Waals surface area contributed by atoms with E-state index in [1.807, 2.05) is 0 Å². The van der Waals surface area contributed by atoms with E-state index < -0.39 is 60.7 Å². The van der Waals surface area contributed by atoms with Crippen LogP contribution in [0.3, 0.4) is 0 Å². The number of carbonyl (C=O) groups excluding carboxylic acids is 4. The second-order valence-electron chi connectivity index (χ2n) is 5.97. The van der Waals surface area contributed by atoms with Crippen molar-refractivity contribution in [3.63, 3.8) is 0 Å². The Morgan fingerprint density at radius 2 is 1.79 bits per heavy atom. The molecule has 1 heterocycles. The molecule has 1 rings (SSSR count). The fraction of sp³-hybridized carbons (Fsp3) is 0.467. The van der Waals surface area contributed by atoms with Gasteiger partial charge < -0.3 is 37.5 Å². The van der Waals surface area contributed by atoms with Crippen LogP contribution in [0.15, 0.2) is 12.5 Å². The zero-order chi connectivity index (χ0) is 22.0. The standard InChI is InChI=1S/C15H23N7O6S/c16-8(5-29)13(26)21-9(1-7-3-18-6-20-7)15(28)22-10(2-11(17)23)14(27)19-4-12(24)25/h3,6,8-10,29H,1-2,4-5,16H2,(H2,17,23)(H,18,20)(H,19,27)(H,21,26)(H,22,28)(H,24,25). The summed E-state index contributed by atoms with van der Waals surface area (Å²) in [5.74, 6) is -4.55. The molecule has 0 bridgehead atoms. The van der Waals surface area contributed by atoms with Crippen LogP contribution in [0.5, 0.6) is 0 Å². The van der Waals surface area contributed by atoms with Crippen LogP contribution in [0.2, 0.25) is 0 Å². The molecule has 3 atom stereocenters. The molecule has 4 amide bonds. The van der Waals surface area contributed by atoms with Crippen molar-refractivity contribution in [3.05, 3.63) is 18.2 Å². The number of carboxylic acid groups (broad SMARTS) is 1. The van der Waals surface area contributed by atoms with Crippen LogP contribution >= 0.6 is 12.6 Å². The summed E-state index contributed by atoms with van der Waals surface area (Å²) in [4.78, 5) is 65.3. The van der Waals surface area contributed by atoms with Gasteiger partial charge in [0.25, 0.3) is 0 Å². The average Bonchev–Trinajstić information content (AvgIpc) is 3.16. The van der Waals surface area contributed by atoms with E-state index >= 15 is 0 Å². The maximum atomic E-state index is 12.7. The Balaban J connectivity index is 2.94. The van der Waals surface area contributed by atoms with E-state index in [9.17, 15) is 24.0 Å². The Kier molecular flexibility index (Phi) is 9.61. The Morgan fingerprint density at radius 1 is 1.14 bits per heavy atom. The number of hydrogen-bond donors (Lipinski definition) is 8. The summed E-state index contributed by atoms with van der Waals surface area (Å²) < 4.78 is 0. The number of amides is 4. The number of carboxylic acids is 1. The molecule has 160 valence electrons. The first-order chi connectivity index (χ1) is 13.6. The summed E-state index contributed by atoms with van der Waals surface area (Å²) in [6.45, 7) is -0.713. The first kappa shape index (κ1) is 23.9. The molecule has 14 heteroatoms. The largest absolute Gasteiger partial charge is 0.480 e. The van der Waals surface area contributed by atoms with Crippen molar-refractivity contribution in [2.24, 2.45) is 11.5 Å². The van der Waals surface area contributed by atoms with Crippen LogP contribution in [0.1, 0.15) is 12.1 Å². The molecule has 1 aromatic rings. The van der Waals surface area contributed by atoms with Gasteiger partial charge in [-0.2, -0.15) is 12.6 Å². The fourth-order valence-electron chi connectivity index (χ4n) is 2.16. The van der Waals surface area contributed by atoms with E-state index in [-0.39, 0.29) is 12.2 Å². The Hall–Kier alpha value is -3.13. The number of aromatic nitrogens is 2. The second-order valence-corrected chi connectivity index (χ2v) is 6.34. The van der Waals surface area contributed by atoms with Gasteiger partial charge in [-0.3, -0.25) is 24.0 Å². The number of thiol groups is 1. The van der Waals surface area contributed by atoms with Crippen molar-refractivity contribution < 1.29 is 29.1 Å². The predicted octanol–water partition coefficient (Wildman–Crippen LogP) is -3.74. The summed E-state index contributed by atoms with van der Waals surface area (Å²) in [7, 11) is 0. The number of hydrogen-bond acceptors (Lipinski definition) is 8. The van der Waals surface area contributed by atoms with Gasteiger partial charge in [-0.25, -0.2) is 4.98 Å². The number of imidazole rings is 1. The van der Waals surface area contributed by atoms with E-state index in [0.29, 0.717) is 5.69 Å². The number of H-pyrrole nitrogens is 1. The number of rotatable bonds is 12. The highest BCUT2D eigenvalue weighted by Crippen LogP contribution is 2.02. The molecule has 0 aromatic carbocycles. The van der Waals surface area contributed by atoms with E-state index in [2.05, 4.69) is 38.5 Å². The van der Waals surface area contributed by atoms with Crippen molar-refractivity contribution in [1.82, 2.24) is 25.9 Å². The van der Waals surface area contributed by atoms with Crippen LogP contribution in [0.4, 0.5) is 0 Å². The smallest absolute Gasteiger partial charge is 0.322 e. The molecule has 0 radical (unpaired) electrons. The minimum Gasteiger partial charge on any atom is -0.480 e. The van der Waals surface area contributed by atoms with Gasteiger partial charge in [0.1, 0.15) is 18.6 Å². The average molecular weight is 429 g/mol. The van der Waals surface area contributed by atoms with Crippen molar-refractivity contribution >= 4 is 42.2 Å². The lowest BCUT2D eigenvalue weighted by Gasteiger charge is -2.23. The van der Waals surface area contributed by atoms with Gasteiger partial charge in [-0.15, -0.1) is 0 Å². The molecular formula is C15H23N7O6S. The van der Waals surface area contributed by atoms with E-state index in [0.717, 1.165) is 0 Å². The third-order valence-electron chi connectivity index (χ3n) is 3.60. The van der Waals surface area contributed by atoms with Crippen molar-refractivity contribution in [3.8, 4) is 0 Å². The first-order valence-electron chi connectivity index (χ1n) is 8.36. The number of primary amides is 1. The van der Waals surface area contributed by atoms with Gasteiger partial charge in [0.2, 0.25) is 23.6 Å². The highest BCUT2D eigenvalue weighted by molar-refractivity contribution is 7.80. The van der Waals surface area contributed by atoms with Gasteiger partial charge in [0.05, 0.1) is 18.8 Å². The molecule has 13 nitrogen and oxygen atoms in total. The normalized spacial score (nSPS) is 13.6. The van der Waals surface area contributed by atoms with Gasteiger partial charge in [-0.1, -0.05) is 0 Å². The maximum absolute atomic E-state index is 12.7. The minimum absolute atomic E-state index is 0.0170. The molecule has 1 aromatic heterocycles. The molecule has 0 fully saturated rings. The van der Waals surface area contributed by atoms with Crippen LogP contribution in [0, 0.1) is 0 Å². The molecule has 0 saturated heterocycles. The zero-order valence-corrected chi connectivity index (χ0v) is 16.1. The topological polar surface area (TPSA) is 222 Å². The Labute approximate surface area is 170 Å². The van der Waals surface area contributed by atoms with E-state index in [1.54, 1.807) is 0 Å². The monoisotopic (exact) mass is 429 g/mol. The molecule has 29 heavy (non-hydrogen) atoms. The fourth-order valence-corrected chi connectivity index (χ4v) is 2.32. The van der Waals surface area contributed by atoms with Crippen molar-refractivity contribution in [1.29, 1.82) is 0 Å². The third-order valence-corrected chi connectivity index (χ3v) is 3.99. The number of nitrogens with two attached hydrogens (primary N) is 2. The molecule has 9 N–H and O–H groups in total. The molecule has 0 aliphatic carbocycles.